The first-order valence-electron chi connectivity index (χ1n) is 6.90. The van der Waals surface area contributed by atoms with Crippen LogP contribution in [0.2, 0.25) is 0 Å². The lowest BCUT2D eigenvalue weighted by molar-refractivity contribution is -0.122. The standard InChI is InChI=1S/C15H20N2O/c18-15(17-9-8-16-12-6-7-12)14-10-13(14)11-4-2-1-3-5-11/h1-5,12-14,16H,6-10H2,(H,17,18). The van der Waals surface area contributed by atoms with E-state index in [1.807, 2.05) is 18.2 Å². The van der Waals surface area contributed by atoms with Crippen LogP contribution in [-0.4, -0.2) is 25.0 Å². The molecule has 1 aromatic rings. The molecule has 2 aliphatic carbocycles. The molecule has 2 unspecified atom stereocenters. The number of amides is 1. The van der Waals surface area contributed by atoms with Gasteiger partial charge in [0.1, 0.15) is 0 Å². The van der Waals surface area contributed by atoms with Crippen molar-refractivity contribution in [3.05, 3.63) is 35.9 Å². The molecule has 0 radical (unpaired) electrons. The largest absolute Gasteiger partial charge is 0.355 e. The maximum Gasteiger partial charge on any atom is 0.223 e. The maximum atomic E-state index is 11.9. The monoisotopic (exact) mass is 244 g/mol. The van der Waals surface area contributed by atoms with E-state index in [1.165, 1.54) is 18.4 Å². The number of nitrogens with one attached hydrogen (secondary N) is 2. The zero-order valence-corrected chi connectivity index (χ0v) is 10.6. The van der Waals surface area contributed by atoms with Gasteiger partial charge < -0.3 is 10.6 Å². The first-order valence-corrected chi connectivity index (χ1v) is 6.90. The molecule has 0 aromatic heterocycles. The molecule has 3 rings (SSSR count). The van der Waals surface area contributed by atoms with Gasteiger partial charge in [-0.05, 0) is 30.7 Å². The van der Waals surface area contributed by atoms with Crippen molar-refractivity contribution in [3.8, 4) is 0 Å². The summed E-state index contributed by atoms with van der Waals surface area (Å²) < 4.78 is 0. The molecule has 0 spiro atoms. The summed E-state index contributed by atoms with van der Waals surface area (Å²) in [4.78, 5) is 11.9. The Kier molecular flexibility index (Phi) is 3.33. The molecule has 0 aliphatic heterocycles. The van der Waals surface area contributed by atoms with Gasteiger partial charge in [-0.25, -0.2) is 0 Å². The SMILES string of the molecule is O=C(NCCNC1CC1)C1CC1c1ccccc1. The second kappa shape index (κ2) is 5.11. The van der Waals surface area contributed by atoms with Gasteiger partial charge in [-0.15, -0.1) is 0 Å². The quantitative estimate of drug-likeness (QED) is 0.747. The molecular weight excluding hydrogens is 224 g/mol. The molecule has 1 amide bonds. The van der Waals surface area contributed by atoms with Gasteiger partial charge in [0.15, 0.2) is 0 Å². The van der Waals surface area contributed by atoms with Crippen molar-refractivity contribution < 1.29 is 4.79 Å². The molecule has 0 saturated heterocycles. The Hall–Kier alpha value is -1.35. The van der Waals surface area contributed by atoms with Crippen LogP contribution in [0, 0.1) is 5.92 Å². The van der Waals surface area contributed by atoms with Crippen molar-refractivity contribution in [1.82, 2.24) is 10.6 Å². The minimum absolute atomic E-state index is 0.202. The number of hydrogen-bond donors (Lipinski definition) is 2. The van der Waals surface area contributed by atoms with Crippen molar-refractivity contribution >= 4 is 5.91 Å². The summed E-state index contributed by atoms with van der Waals surface area (Å²) in [5.74, 6) is 0.873. The highest BCUT2D eigenvalue weighted by Crippen LogP contribution is 2.47. The van der Waals surface area contributed by atoms with Crippen LogP contribution in [0.5, 0.6) is 0 Å². The zero-order valence-electron chi connectivity index (χ0n) is 10.6. The lowest BCUT2D eigenvalue weighted by Crippen LogP contribution is -2.33. The average Bonchev–Trinajstić information content (AvgIpc) is 3.29. The number of carbonyl (C=O) groups is 1. The molecule has 2 fully saturated rings. The molecule has 3 heteroatoms. The van der Waals surface area contributed by atoms with Crippen LogP contribution in [0.15, 0.2) is 30.3 Å². The van der Waals surface area contributed by atoms with Crippen molar-refractivity contribution in [2.75, 3.05) is 13.1 Å². The maximum absolute atomic E-state index is 11.9. The summed E-state index contributed by atoms with van der Waals surface area (Å²) in [5, 5.41) is 6.43. The van der Waals surface area contributed by atoms with Gasteiger partial charge in [0, 0.05) is 25.0 Å². The molecule has 2 N–H and O–H groups in total. The Balaban J connectivity index is 1.39. The van der Waals surface area contributed by atoms with Crippen molar-refractivity contribution in [2.45, 2.75) is 31.2 Å². The molecule has 3 nitrogen and oxygen atoms in total. The molecule has 0 heterocycles. The van der Waals surface area contributed by atoms with E-state index in [2.05, 4.69) is 22.8 Å². The Labute approximate surface area is 108 Å². The molecule has 96 valence electrons. The molecular formula is C15H20N2O. The van der Waals surface area contributed by atoms with Gasteiger partial charge >= 0.3 is 0 Å². The van der Waals surface area contributed by atoms with E-state index in [9.17, 15) is 4.79 Å². The zero-order chi connectivity index (χ0) is 12.4. The van der Waals surface area contributed by atoms with Crippen LogP contribution >= 0.6 is 0 Å². The second-order valence-corrected chi connectivity index (χ2v) is 5.38. The number of hydrogen-bond acceptors (Lipinski definition) is 2. The van der Waals surface area contributed by atoms with Gasteiger partial charge in [0.2, 0.25) is 5.91 Å². The second-order valence-electron chi connectivity index (χ2n) is 5.38. The van der Waals surface area contributed by atoms with Gasteiger partial charge in [0.25, 0.3) is 0 Å². The highest BCUT2D eigenvalue weighted by Gasteiger charge is 2.43. The minimum Gasteiger partial charge on any atom is -0.355 e. The third kappa shape index (κ3) is 2.91. The van der Waals surface area contributed by atoms with E-state index in [0.29, 0.717) is 5.92 Å². The van der Waals surface area contributed by atoms with Gasteiger partial charge in [-0.3, -0.25) is 4.79 Å². The summed E-state index contributed by atoms with van der Waals surface area (Å²) >= 11 is 0. The summed E-state index contributed by atoms with van der Waals surface area (Å²) in [6, 6.07) is 11.1. The first-order chi connectivity index (χ1) is 8.84. The van der Waals surface area contributed by atoms with Gasteiger partial charge in [-0.1, -0.05) is 30.3 Å². The average molecular weight is 244 g/mol. The molecule has 1 aromatic carbocycles. The van der Waals surface area contributed by atoms with Crippen LogP contribution in [0.25, 0.3) is 0 Å². The van der Waals surface area contributed by atoms with E-state index < -0.39 is 0 Å². The predicted molar refractivity (Wildman–Crippen MR) is 71.3 cm³/mol. The molecule has 2 aliphatic rings. The predicted octanol–water partition coefficient (Wildman–Crippen LogP) is 1.66. The Morgan fingerprint density at radius 1 is 1.17 bits per heavy atom. The normalized spacial score (nSPS) is 25.8. The number of rotatable bonds is 6. The first kappa shape index (κ1) is 11.7. The van der Waals surface area contributed by atoms with Crippen molar-refractivity contribution in [3.63, 3.8) is 0 Å². The molecule has 0 bridgehead atoms. The van der Waals surface area contributed by atoms with Gasteiger partial charge in [-0.2, -0.15) is 0 Å². The number of carbonyl (C=O) groups excluding carboxylic acids is 1. The summed E-state index contributed by atoms with van der Waals surface area (Å²) in [6.45, 7) is 1.66. The van der Waals surface area contributed by atoms with Crippen molar-refractivity contribution in [2.24, 2.45) is 5.92 Å². The van der Waals surface area contributed by atoms with Crippen LogP contribution in [0.1, 0.15) is 30.7 Å². The molecule has 18 heavy (non-hydrogen) atoms. The fourth-order valence-corrected chi connectivity index (χ4v) is 2.43. The van der Waals surface area contributed by atoms with Crippen molar-refractivity contribution in [1.29, 1.82) is 0 Å². The van der Waals surface area contributed by atoms with E-state index in [1.54, 1.807) is 0 Å². The van der Waals surface area contributed by atoms with Crippen LogP contribution < -0.4 is 10.6 Å². The molecule has 2 atom stereocenters. The Bertz CT molecular complexity index is 414. The fourth-order valence-electron chi connectivity index (χ4n) is 2.43. The smallest absolute Gasteiger partial charge is 0.223 e. The summed E-state index contributed by atoms with van der Waals surface area (Å²) in [6.07, 6.45) is 3.60. The minimum atomic E-state index is 0.202. The highest BCUT2D eigenvalue weighted by molar-refractivity contribution is 5.82. The summed E-state index contributed by atoms with van der Waals surface area (Å²) in [5.41, 5.74) is 1.30. The van der Waals surface area contributed by atoms with E-state index in [-0.39, 0.29) is 11.8 Å². The summed E-state index contributed by atoms with van der Waals surface area (Å²) in [7, 11) is 0. The Morgan fingerprint density at radius 3 is 2.67 bits per heavy atom. The fraction of sp³-hybridized carbons (Fsp3) is 0.533. The van der Waals surface area contributed by atoms with E-state index >= 15 is 0 Å². The third-order valence-corrected chi connectivity index (χ3v) is 3.79. The van der Waals surface area contributed by atoms with E-state index in [4.69, 9.17) is 0 Å². The van der Waals surface area contributed by atoms with Crippen LogP contribution in [0.4, 0.5) is 0 Å². The lowest BCUT2D eigenvalue weighted by atomic mass is 10.1. The third-order valence-electron chi connectivity index (χ3n) is 3.79. The van der Waals surface area contributed by atoms with Gasteiger partial charge in [0.05, 0.1) is 0 Å². The Morgan fingerprint density at radius 2 is 1.94 bits per heavy atom. The lowest BCUT2D eigenvalue weighted by Gasteiger charge is -2.05. The number of benzene rings is 1. The molecule has 2 saturated carbocycles. The van der Waals surface area contributed by atoms with Crippen LogP contribution in [0.3, 0.4) is 0 Å². The van der Waals surface area contributed by atoms with Crippen LogP contribution in [-0.2, 0) is 4.79 Å². The van der Waals surface area contributed by atoms with E-state index in [0.717, 1.165) is 25.6 Å². The topological polar surface area (TPSA) is 41.1 Å². The highest BCUT2D eigenvalue weighted by atomic mass is 16.2.